The van der Waals surface area contributed by atoms with Crippen LogP contribution in [-0.2, 0) is 27.7 Å². The van der Waals surface area contributed by atoms with E-state index in [4.69, 9.17) is 4.74 Å². The molecule has 1 atom stereocenters. The number of carbonyl (C=O) groups is 2. The quantitative estimate of drug-likeness (QED) is 0.422. The van der Waals surface area contributed by atoms with Crippen LogP contribution in [0.15, 0.2) is 83.8 Å². The van der Waals surface area contributed by atoms with Gasteiger partial charge in [-0.2, -0.15) is 4.31 Å². The molecule has 164 valence electrons. The van der Waals surface area contributed by atoms with Gasteiger partial charge < -0.3 is 4.74 Å². The number of carbonyl (C=O) groups excluding carboxylic acids is 2. The van der Waals surface area contributed by atoms with Gasteiger partial charge in [0.1, 0.15) is 0 Å². The Labute approximate surface area is 187 Å². The Morgan fingerprint density at radius 3 is 2.28 bits per heavy atom. The van der Waals surface area contributed by atoms with Crippen LogP contribution < -0.4 is 0 Å². The van der Waals surface area contributed by atoms with E-state index in [0.717, 1.165) is 11.1 Å². The second-order valence-corrected chi connectivity index (χ2v) is 9.60. The predicted molar refractivity (Wildman–Crippen MR) is 120 cm³/mol. The molecule has 0 unspecified atom stereocenters. The predicted octanol–water partition coefficient (Wildman–Crippen LogP) is 3.86. The molecule has 4 rings (SSSR count). The molecule has 1 heterocycles. The molecule has 0 bridgehead atoms. The zero-order chi connectivity index (χ0) is 22.7. The van der Waals surface area contributed by atoms with Gasteiger partial charge >= 0.3 is 5.97 Å². The van der Waals surface area contributed by atoms with Crippen molar-refractivity contribution in [1.29, 1.82) is 0 Å². The summed E-state index contributed by atoms with van der Waals surface area (Å²) in [6.45, 7) is 2.16. The molecule has 0 spiro atoms. The Kier molecular flexibility index (Phi) is 6.21. The number of ether oxygens (including phenoxy) is 1. The minimum absolute atomic E-state index is 0.0216. The van der Waals surface area contributed by atoms with Crippen LogP contribution in [0.2, 0.25) is 0 Å². The molecule has 0 saturated carbocycles. The summed E-state index contributed by atoms with van der Waals surface area (Å²) >= 11 is 0. The lowest BCUT2D eigenvalue weighted by atomic mass is 10.0. The van der Waals surface area contributed by atoms with Crippen molar-refractivity contribution in [2.24, 2.45) is 0 Å². The summed E-state index contributed by atoms with van der Waals surface area (Å²) < 4.78 is 33.1. The van der Waals surface area contributed by atoms with Crippen molar-refractivity contribution in [3.63, 3.8) is 0 Å². The summed E-state index contributed by atoms with van der Waals surface area (Å²) in [5.74, 6) is -1.07. The average molecular weight is 450 g/mol. The van der Waals surface area contributed by atoms with Crippen LogP contribution in [0.3, 0.4) is 0 Å². The highest BCUT2D eigenvalue weighted by molar-refractivity contribution is 7.89. The van der Waals surface area contributed by atoms with Crippen molar-refractivity contribution in [2.75, 3.05) is 6.54 Å². The summed E-state index contributed by atoms with van der Waals surface area (Å²) in [6, 6.07) is 22.1. The van der Waals surface area contributed by atoms with Gasteiger partial charge in [-0.15, -0.1) is 0 Å². The van der Waals surface area contributed by atoms with Gasteiger partial charge in [-0.05, 0) is 42.7 Å². The average Bonchev–Trinajstić information content (AvgIpc) is 2.83. The van der Waals surface area contributed by atoms with Gasteiger partial charge in [-0.1, -0.05) is 60.7 Å². The zero-order valence-corrected chi connectivity index (χ0v) is 18.4. The first-order valence-electron chi connectivity index (χ1n) is 10.3. The molecule has 0 fully saturated rings. The molecule has 0 aromatic heterocycles. The molecule has 0 saturated heterocycles. The van der Waals surface area contributed by atoms with Crippen molar-refractivity contribution >= 4 is 21.8 Å². The molecule has 3 aromatic rings. The Hall–Kier alpha value is -3.29. The van der Waals surface area contributed by atoms with Gasteiger partial charge in [0.2, 0.25) is 15.8 Å². The molecule has 0 aliphatic carbocycles. The smallest absolute Gasteiger partial charge is 0.338 e. The van der Waals surface area contributed by atoms with Crippen LogP contribution >= 0.6 is 0 Å². The molecule has 6 nitrogen and oxygen atoms in total. The highest BCUT2D eigenvalue weighted by atomic mass is 32.2. The fraction of sp³-hybridized carbons (Fsp3) is 0.200. The van der Waals surface area contributed by atoms with Crippen LogP contribution in [0, 0.1) is 0 Å². The van der Waals surface area contributed by atoms with Crippen molar-refractivity contribution in [2.45, 2.75) is 30.9 Å². The van der Waals surface area contributed by atoms with Crippen molar-refractivity contribution < 1.29 is 22.7 Å². The fourth-order valence-electron chi connectivity index (χ4n) is 3.73. The highest BCUT2D eigenvalue weighted by Gasteiger charge is 2.29. The summed E-state index contributed by atoms with van der Waals surface area (Å²) in [6.07, 6.45) is -0.361. The summed E-state index contributed by atoms with van der Waals surface area (Å²) in [5, 5.41) is 0. The molecule has 0 radical (unpaired) electrons. The van der Waals surface area contributed by atoms with Crippen molar-refractivity contribution in [1.82, 2.24) is 4.31 Å². The van der Waals surface area contributed by atoms with E-state index < -0.39 is 22.1 Å². The summed E-state index contributed by atoms with van der Waals surface area (Å²) in [7, 11) is -3.79. The van der Waals surface area contributed by atoms with E-state index in [9.17, 15) is 18.0 Å². The normalized spacial score (nSPS) is 14.9. The second-order valence-electron chi connectivity index (χ2n) is 7.66. The summed E-state index contributed by atoms with van der Waals surface area (Å²) in [5.41, 5.74) is 2.64. The van der Waals surface area contributed by atoms with E-state index in [-0.39, 0.29) is 22.8 Å². The van der Waals surface area contributed by atoms with E-state index in [0.29, 0.717) is 18.5 Å². The molecule has 3 aromatic carbocycles. The van der Waals surface area contributed by atoms with Gasteiger partial charge in [0.25, 0.3) is 0 Å². The first-order valence-corrected chi connectivity index (χ1v) is 11.8. The third kappa shape index (κ3) is 4.49. The van der Waals surface area contributed by atoms with Gasteiger partial charge in [0, 0.05) is 18.7 Å². The van der Waals surface area contributed by atoms with E-state index in [2.05, 4.69) is 0 Å². The topological polar surface area (TPSA) is 80.8 Å². The van der Waals surface area contributed by atoms with E-state index in [1.54, 1.807) is 30.3 Å². The van der Waals surface area contributed by atoms with Crippen LogP contribution in [0.25, 0.3) is 0 Å². The molecule has 0 N–H and O–H groups in total. The molecule has 1 aliphatic heterocycles. The molecular weight excluding hydrogens is 426 g/mol. The van der Waals surface area contributed by atoms with Crippen molar-refractivity contribution in [3.8, 4) is 0 Å². The maximum atomic E-state index is 13.2. The van der Waals surface area contributed by atoms with E-state index in [1.165, 1.54) is 35.5 Å². The Balaban J connectivity index is 1.50. The minimum atomic E-state index is -3.79. The molecule has 0 amide bonds. The van der Waals surface area contributed by atoms with Gasteiger partial charge in [0.05, 0.1) is 10.5 Å². The number of rotatable bonds is 6. The largest absolute Gasteiger partial charge is 0.451 e. The number of fused-ring (bicyclic) bond motifs is 1. The minimum Gasteiger partial charge on any atom is -0.451 e. The lowest BCUT2D eigenvalue weighted by Gasteiger charge is -2.28. The van der Waals surface area contributed by atoms with Gasteiger partial charge in [-0.3, -0.25) is 4.79 Å². The van der Waals surface area contributed by atoms with Gasteiger partial charge in [-0.25, -0.2) is 13.2 Å². The first-order chi connectivity index (χ1) is 15.4. The monoisotopic (exact) mass is 449 g/mol. The van der Waals surface area contributed by atoms with E-state index in [1.807, 2.05) is 24.3 Å². The third-order valence-corrected chi connectivity index (χ3v) is 7.36. The van der Waals surface area contributed by atoms with Gasteiger partial charge in [0.15, 0.2) is 6.10 Å². The SMILES string of the molecule is C[C@H](OC(=O)c1cccc(S(=O)(=O)N2CCc3ccccc3C2)c1)C(=O)c1ccccc1. The first kappa shape index (κ1) is 21.9. The number of esters is 1. The number of Topliss-reactive ketones (excluding diaryl/α,β-unsaturated/α-hetero) is 1. The molecule has 1 aliphatic rings. The lowest BCUT2D eigenvalue weighted by molar-refractivity contribution is 0.0318. The highest BCUT2D eigenvalue weighted by Crippen LogP contribution is 2.25. The number of sulfonamides is 1. The maximum Gasteiger partial charge on any atom is 0.338 e. The standard InChI is InChI=1S/C25H23NO5S/c1-18(24(27)20-9-3-2-4-10-20)31-25(28)21-12-7-13-23(16-21)32(29,30)26-15-14-19-8-5-6-11-22(19)17-26/h2-13,16,18H,14-15,17H2,1H3/t18-/m0/s1. The van der Waals surface area contributed by atoms with Crippen LogP contribution in [-0.4, -0.2) is 37.1 Å². The van der Waals surface area contributed by atoms with Crippen LogP contribution in [0.1, 0.15) is 38.8 Å². The van der Waals surface area contributed by atoms with Crippen LogP contribution in [0.4, 0.5) is 0 Å². The number of hydrogen-bond acceptors (Lipinski definition) is 5. The fourth-order valence-corrected chi connectivity index (χ4v) is 5.19. The number of benzene rings is 3. The molecular formula is C25H23NO5S. The van der Waals surface area contributed by atoms with E-state index >= 15 is 0 Å². The number of ketones is 1. The third-order valence-electron chi connectivity index (χ3n) is 5.51. The Morgan fingerprint density at radius 2 is 1.53 bits per heavy atom. The second kappa shape index (κ2) is 9.06. The Morgan fingerprint density at radius 1 is 0.875 bits per heavy atom. The molecule has 32 heavy (non-hydrogen) atoms. The van der Waals surface area contributed by atoms with Crippen LogP contribution in [0.5, 0.6) is 0 Å². The number of hydrogen-bond donors (Lipinski definition) is 0. The Bertz CT molecular complexity index is 1250. The maximum absolute atomic E-state index is 13.2. The van der Waals surface area contributed by atoms with Crippen molar-refractivity contribution in [3.05, 3.63) is 101 Å². The zero-order valence-electron chi connectivity index (χ0n) is 17.6. The lowest BCUT2D eigenvalue weighted by Crippen LogP contribution is -2.36. The molecule has 7 heteroatoms. The summed E-state index contributed by atoms with van der Waals surface area (Å²) in [4.78, 5) is 25.1. The number of nitrogens with zero attached hydrogens (tertiary/aromatic N) is 1.